The number of nitrogens with zero attached hydrogens (tertiary/aromatic N) is 2. The highest BCUT2D eigenvalue weighted by Gasteiger charge is 2.27. The lowest BCUT2D eigenvalue weighted by atomic mass is 10.2. The largest absolute Gasteiger partial charge is 0.377 e. The van der Waals surface area contributed by atoms with Crippen LogP contribution in [0.15, 0.2) is 5.03 Å². The maximum absolute atomic E-state index is 12.6. The Bertz CT molecular complexity index is 540. The summed E-state index contributed by atoms with van der Waals surface area (Å²) >= 11 is 0. The number of ether oxygens (including phenoxy) is 1. The summed E-state index contributed by atoms with van der Waals surface area (Å²) in [6.45, 7) is 9.53. The van der Waals surface area contributed by atoms with Gasteiger partial charge in [0.1, 0.15) is 0 Å². The number of likely N-dealkylation sites (N-methyl/N-ethyl adjacent to an activating group) is 1. The quantitative estimate of drug-likeness (QED) is 0.705. The number of aromatic amines is 1. The van der Waals surface area contributed by atoms with E-state index in [2.05, 4.69) is 15.5 Å². The first-order valence-corrected chi connectivity index (χ1v) is 8.57. The molecule has 0 aliphatic rings. The van der Waals surface area contributed by atoms with Crippen LogP contribution in [0.5, 0.6) is 0 Å². The molecule has 122 valence electrons. The third-order valence-electron chi connectivity index (χ3n) is 3.10. The topological polar surface area (TPSA) is 87.3 Å². The molecule has 0 radical (unpaired) electrons. The molecule has 0 aliphatic heterocycles. The van der Waals surface area contributed by atoms with Crippen LogP contribution in [0.4, 0.5) is 0 Å². The van der Waals surface area contributed by atoms with E-state index >= 15 is 0 Å². The van der Waals surface area contributed by atoms with Gasteiger partial charge in [-0.1, -0.05) is 6.92 Å². The summed E-state index contributed by atoms with van der Waals surface area (Å²) in [5.41, 5.74) is 1.45. The molecule has 0 aromatic carbocycles. The van der Waals surface area contributed by atoms with E-state index in [-0.39, 0.29) is 11.1 Å². The summed E-state index contributed by atoms with van der Waals surface area (Å²) in [5, 5.41) is 9.95. The maximum Gasteiger partial charge on any atom is 0.262 e. The van der Waals surface area contributed by atoms with Crippen LogP contribution >= 0.6 is 0 Å². The van der Waals surface area contributed by atoms with Gasteiger partial charge in [0.25, 0.3) is 10.0 Å². The van der Waals surface area contributed by atoms with E-state index in [4.69, 9.17) is 4.74 Å². The molecule has 1 rings (SSSR count). The van der Waals surface area contributed by atoms with Gasteiger partial charge in [-0.05, 0) is 27.3 Å². The number of nitrogens with one attached hydrogen (secondary N) is 2. The van der Waals surface area contributed by atoms with Crippen molar-refractivity contribution < 1.29 is 13.2 Å². The van der Waals surface area contributed by atoms with Crippen LogP contribution in [0.3, 0.4) is 0 Å². The molecule has 0 bridgehead atoms. The van der Waals surface area contributed by atoms with Gasteiger partial charge in [-0.3, -0.25) is 5.10 Å². The van der Waals surface area contributed by atoms with Crippen molar-refractivity contribution in [1.29, 1.82) is 0 Å². The predicted octanol–water partition coefficient (Wildman–Crippen LogP) is 0.873. The smallest absolute Gasteiger partial charge is 0.262 e. The van der Waals surface area contributed by atoms with E-state index in [1.165, 1.54) is 4.31 Å². The SMILES string of the molecule is CCNCc1c(S(=O)(=O)N(C)CCOC(C)C)n[nH]c1C. The molecule has 0 saturated carbocycles. The minimum absolute atomic E-state index is 0.0815. The van der Waals surface area contributed by atoms with Crippen molar-refractivity contribution in [2.24, 2.45) is 0 Å². The molecule has 0 saturated heterocycles. The first-order chi connectivity index (χ1) is 9.80. The molecule has 0 atom stereocenters. The number of rotatable bonds is 9. The molecule has 21 heavy (non-hydrogen) atoms. The molecule has 0 amide bonds. The van der Waals surface area contributed by atoms with Gasteiger partial charge in [-0.25, -0.2) is 8.42 Å². The summed E-state index contributed by atoms with van der Waals surface area (Å²) in [7, 11) is -2.06. The molecule has 2 N–H and O–H groups in total. The zero-order chi connectivity index (χ0) is 16.0. The Morgan fingerprint density at radius 1 is 1.43 bits per heavy atom. The third-order valence-corrected chi connectivity index (χ3v) is 4.93. The molecule has 0 aliphatic carbocycles. The monoisotopic (exact) mass is 318 g/mol. The first kappa shape index (κ1) is 18.1. The molecule has 1 aromatic heterocycles. The van der Waals surface area contributed by atoms with Crippen molar-refractivity contribution in [1.82, 2.24) is 19.8 Å². The molecule has 0 spiro atoms. The van der Waals surface area contributed by atoms with E-state index in [1.54, 1.807) is 7.05 Å². The summed E-state index contributed by atoms with van der Waals surface area (Å²) < 4.78 is 31.8. The van der Waals surface area contributed by atoms with Crippen molar-refractivity contribution in [3.63, 3.8) is 0 Å². The van der Waals surface area contributed by atoms with Gasteiger partial charge < -0.3 is 10.1 Å². The Morgan fingerprint density at radius 3 is 2.67 bits per heavy atom. The van der Waals surface area contributed by atoms with Crippen molar-refractivity contribution >= 4 is 10.0 Å². The van der Waals surface area contributed by atoms with Crippen LogP contribution in [-0.4, -0.2) is 55.8 Å². The van der Waals surface area contributed by atoms with Gasteiger partial charge in [0.15, 0.2) is 5.03 Å². The van der Waals surface area contributed by atoms with Gasteiger partial charge in [0.2, 0.25) is 0 Å². The summed E-state index contributed by atoms with van der Waals surface area (Å²) in [4.78, 5) is 0. The lowest BCUT2D eigenvalue weighted by Crippen LogP contribution is -2.32. The highest BCUT2D eigenvalue weighted by atomic mass is 32.2. The highest BCUT2D eigenvalue weighted by molar-refractivity contribution is 7.89. The zero-order valence-corrected chi connectivity index (χ0v) is 14.2. The molecule has 0 fully saturated rings. The maximum atomic E-state index is 12.6. The van der Waals surface area contributed by atoms with E-state index in [0.29, 0.717) is 25.3 Å². The van der Waals surface area contributed by atoms with Gasteiger partial charge in [-0.2, -0.15) is 9.40 Å². The van der Waals surface area contributed by atoms with Gasteiger partial charge >= 0.3 is 0 Å². The number of aromatic nitrogens is 2. The van der Waals surface area contributed by atoms with Crippen LogP contribution < -0.4 is 5.32 Å². The fourth-order valence-corrected chi connectivity index (χ4v) is 3.09. The number of hydrogen-bond donors (Lipinski definition) is 2. The van der Waals surface area contributed by atoms with Gasteiger partial charge in [0.05, 0.1) is 12.7 Å². The molecule has 1 aromatic rings. The van der Waals surface area contributed by atoms with Crippen LogP contribution in [0.2, 0.25) is 0 Å². The molecule has 8 heteroatoms. The van der Waals surface area contributed by atoms with Crippen LogP contribution in [0.1, 0.15) is 32.0 Å². The molecule has 0 unspecified atom stereocenters. The summed E-state index contributed by atoms with van der Waals surface area (Å²) in [6, 6.07) is 0. The van der Waals surface area contributed by atoms with Gasteiger partial charge in [-0.15, -0.1) is 0 Å². The average Bonchev–Trinajstić information content (AvgIpc) is 2.77. The van der Waals surface area contributed by atoms with Gasteiger partial charge in [0, 0.05) is 31.4 Å². The second kappa shape index (κ2) is 7.88. The molecular formula is C13H26N4O3S. The lowest BCUT2D eigenvalue weighted by molar-refractivity contribution is 0.0737. The number of H-pyrrole nitrogens is 1. The number of aryl methyl sites for hydroxylation is 1. The Labute approximate surface area is 127 Å². The van der Waals surface area contributed by atoms with E-state index in [9.17, 15) is 8.42 Å². The van der Waals surface area contributed by atoms with Crippen LogP contribution in [0.25, 0.3) is 0 Å². The van der Waals surface area contributed by atoms with Crippen LogP contribution in [0, 0.1) is 6.92 Å². The Kier molecular flexibility index (Phi) is 6.79. The highest BCUT2D eigenvalue weighted by Crippen LogP contribution is 2.19. The average molecular weight is 318 g/mol. The first-order valence-electron chi connectivity index (χ1n) is 7.13. The van der Waals surface area contributed by atoms with Crippen molar-refractivity contribution in [3.05, 3.63) is 11.3 Å². The molecular weight excluding hydrogens is 292 g/mol. The normalized spacial score (nSPS) is 12.5. The van der Waals surface area contributed by atoms with Crippen molar-refractivity contribution in [3.8, 4) is 0 Å². The van der Waals surface area contributed by atoms with E-state index < -0.39 is 10.0 Å². The summed E-state index contributed by atoms with van der Waals surface area (Å²) in [6.07, 6.45) is 0.0815. The fraction of sp³-hybridized carbons (Fsp3) is 0.769. The second-order valence-corrected chi connectivity index (χ2v) is 7.12. The molecule has 7 nitrogen and oxygen atoms in total. The van der Waals surface area contributed by atoms with E-state index in [0.717, 1.165) is 12.2 Å². The minimum atomic E-state index is -3.61. The third kappa shape index (κ3) is 4.77. The van der Waals surface area contributed by atoms with Crippen molar-refractivity contribution in [2.45, 2.75) is 45.4 Å². The van der Waals surface area contributed by atoms with E-state index in [1.807, 2.05) is 27.7 Å². The Morgan fingerprint density at radius 2 is 2.10 bits per heavy atom. The number of sulfonamides is 1. The Hall–Kier alpha value is -0.960. The standard InChI is InChI=1S/C13H26N4O3S/c1-6-14-9-12-11(4)15-16-13(12)21(18,19)17(5)7-8-20-10(2)3/h10,14H,6-9H2,1-5H3,(H,15,16). The van der Waals surface area contributed by atoms with Crippen molar-refractivity contribution in [2.75, 3.05) is 26.7 Å². The fourth-order valence-electron chi connectivity index (χ4n) is 1.79. The Balaban J connectivity index is 2.86. The molecule has 1 heterocycles. The predicted molar refractivity (Wildman–Crippen MR) is 81.6 cm³/mol. The minimum Gasteiger partial charge on any atom is -0.377 e. The lowest BCUT2D eigenvalue weighted by Gasteiger charge is -2.17. The zero-order valence-electron chi connectivity index (χ0n) is 13.4. The second-order valence-electron chi connectivity index (χ2n) is 5.16. The number of hydrogen-bond acceptors (Lipinski definition) is 5. The summed E-state index contributed by atoms with van der Waals surface area (Å²) in [5.74, 6) is 0. The van der Waals surface area contributed by atoms with Crippen LogP contribution in [-0.2, 0) is 21.3 Å².